The maximum Gasteiger partial charge on any atom is 0.188 e. The molecule has 108 valence electrons. The van der Waals surface area contributed by atoms with Crippen LogP contribution in [-0.2, 0) is 5.41 Å². The number of guanidine groups is 1. The van der Waals surface area contributed by atoms with Crippen LogP contribution in [0.2, 0.25) is 0 Å². The molecule has 0 saturated heterocycles. The lowest BCUT2D eigenvalue weighted by Crippen LogP contribution is -2.41. The summed E-state index contributed by atoms with van der Waals surface area (Å²) in [7, 11) is 0. The van der Waals surface area contributed by atoms with Gasteiger partial charge in [-0.25, -0.2) is 0 Å². The molecule has 4 heteroatoms. The second kappa shape index (κ2) is 5.81. The highest BCUT2D eigenvalue weighted by molar-refractivity contribution is 5.77. The van der Waals surface area contributed by atoms with Crippen molar-refractivity contribution in [2.45, 2.75) is 43.9 Å². The van der Waals surface area contributed by atoms with Crippen LogP contribution >= 0.6 is 0 Å². The number of pyridine rings is 1. The van der Waals surface area contributed by atoms with E-state index in [2.05, 4.69) is 27.4 Å². The van der Waals surface area contributed by atoms with Gasteiger partial charge in [0.05, 0.1) is 6.54 Å². The van der Waals surface area contributed by atoms with Crippen LogP contribution in [0.3, 0.4) is 0 Å². The number of nitrogens with two attached hydrogens (primary N) is 1. The van der Waals surface area contributed by atoms with Gasteiger partial charge in [-0.05, 0) is 43.7 Å². The highest BCUT2D eigenvalue weighted by atomic mass is 15.1. The number of hydrogen-bond donors (Lipinski definition) is 2. The fourth-order valence-electron chi connectivity index (χ4n) is 3.01. The molecule has 0 bridgehead atoms. The van der Waals surface area contributed by atoms with E-state index in [0.717, 1.165) is 19.0 Å². The summed E-state index contributed by atoms with van der Waals surface area (Å²) < 4.78 is 0. The second-order valence-corrected chi connectivity index (χ2v) is 6.23. The first kappa shape index (κ1) is 13.4. The maximum absolute atomic E-state index is 5.98. The standard InChI is InChI=1S/C16H24N4/c17-15(19-11-13-5-3-6-13)20-12-16(8-4-9-16)14-7-1-2-10-18-14/h1-2,7,10,13H,3-6,8-9,11-12H2,(H3,17,19,20). The fourth-order valence-corrected chi connectivity index (χ4v) is 3.01. The van der Waals surface area contributed by atoms with Crippen LogP contribution in [0.15, 0.2) is 29.4 Å². The molecule has 3 N–H and O–H groups in total. The summed E-state index contributed by atoms with van der Waals surface area (Å²) in [5.41, 5.74) is 7.28. The van der Waals surface area contributed by atoms with Gasteiger partial charge < -0.3 is 11.1 Å². The van der Waals surface area contributed by atoms with Gasteiger partial charge in [-0.3, -0.25) is 9.98 Å². The molecule has 2 aliphatic rings. The van der Waals surface area contributed by atoms with E-state index < -0.39 is 0 Å². The van der Waals surface area contributed by atoms with Crippen LogP contribution in [-0.4, -0.2) is 24.0 Å². The summed E-state index contributed by atoms with van der Waals surface area (Å²) in [6.07, 6.45) is 9.51. The molecule has 0 amide bonds. The van der Waals surface area contributed by atoms with Crippen molar-refractivity contribution < 1.29 is 0 Å². The predicted octanol–water partition coefficient (Wildman–Crippen LogP) is 2.21. The van der Waals surface area contributed by atoms with Crippen molar-refractivity contribution in [2.24, 2.45) is 16.6 Å². The molecule has 0 spiro atoms. The Labute approximate surface area is 120 Å². The molecule has 3 rings (SSSR count). The number of nitrogens with zero attached hydrogens (tertiary/aromatic N) is 2. The van der Waals surface area contributed by atoms with Crippen molar-refractivity contribution >= 4 is 5.96 Å². The molecule has 0 atom stereocenters. The topological polar surface area (TPSA) is 63.3 Å². The van der Waals surface area contributed by atoms with E-state index in [-0.39, 0.29) is 5.41 Å². The molecule has 4 nitrogen and oxygen atoms in total. The van der Waals surface area contributed by atoms with Gasteiger partial charge in [-0.1, -0.05) is 18.9 Å². The lowest BCUT2D eigenvalue weighted by Gasteiger charge is -2.40. The van der Waals surface area contributed by atoms with Gasteiger partial charge in [0.2, 0.25) is 0 Å². The lowest BCUT2D eigenvalue weighted by atomic mass is 9.66. The van der Waals surface area contributed by atoms with Crippen molar-refractivity contribution in [3.63, 3.8) is 0 Å². The highest BCUT2D eigenvalue weighted by Crippen LogP contribution is 2.42. The van der Waals surface area contributed by atoms with Crippen LogP contribution in [0.25, 0.3) is 0 Å². The van der Waals surface area contributed by atoms with Crippen molar-refractivity contribution in [2.75, 3.05) is 13.1 Å². The van der Waals surface area contributed by atoms with Crippen LogP contribution in [0, 0.1) is 5.92 Å². The summed E-state index contributed by atoms with van der Waals surface area (Å²) in [6, 6.07) is 6.14. The monoisotopic (exact) mass is 272 g/mol. The van der Waals surface area contributed by atoms with Gasteiger partial charge in [0.25, 0.3) is 0 Å². The van der Waals surface area contributed by atoms with E-state index in [1.165, 1.54) is 44.2 Å². The van der Waals surface area contributed by atoms with E-state index in [1.54, 1.807) is 0 Å². The van der Waals surface area contributed by atoms with Crippen molar-refractivity contribution in [3.05, 3.63) is 30.1 Å². The van der Waals surface area contributed by atoms with Gasteiger partial charge in [-0.2, -0.15) is 0 Å². The Kier molecular flexibility index (Phi) is 3.90. The lowest BCUT2D eigenvalue weighted by molar-refractivity contribution is 0.246. The third kappa shape index (κ3) is 2.79. The number of rotatable bonds is 5. The average molecular weight is 272 g/mol. The highest BCUT2D eigenvalue weighted by Gasteiger charge is 2.39. The van der Waals surface area contributed by atoms with E-state index >= 15 is 0 Å². The largest absolute Gasteiger partial charge is 0.370 e. The molecular weight excluding hydrogens is 248 g/mol. The van der Waals surface area contributed by atoms with E-state index in [9.17, 15) is 0 Å². The normalized spacial score (nSPS) is 21.9. The van der Waals surface area contributed by atoms with Gasteiger partial charge in [0.15, 0.2) is 5.96 Å². The van der Waals surface area contributed by atoms with Gasteiger partial charge in [0, 0.05) is 23.9 Å². The fraction of sp³-hybridized carbons (Fsp3) is 0.625. The van der Waals surface area contributed by atoms with Crippen molar-refractivity contribution in [1.29, 1.82) is 0 Å². The third-order valence-electron chi connectivity index (χ3n) is 4.87. The predicted molar refractivity (Wildman–Crippen MR) is 81.6 cm³/mol. The Bertz CT molecular complexity index is 461. The zero-order valence-electron chi connectivity index (χ0n) is 12.0. The molecule has 2 saturated carbocycles. The van der Waals surface area contributed by atoms with Crippen molar-refractivity contribution in [1.82, 2.24) is 10.3 Å². The summed E-state index contributed by atoms with van der Waals surface area (Å²) in [6.45, 7) is 1.74. The average Bonchev–Trinajstić information content (AvgIpc) is 2.37. The number of aromatic nitrogens is 1. The first-order valence-corrected chi connectivity index (χ1v) is 7.74. The molecule has 0 radical (unpaired) electrons. The van der Waals surface area contributed by atoms with Crippen LogP contribution in [0.5, 0.6) is 0 Å². The van der Waals surface area contributed by atoms with Crippen molar-refractivity contribution in [3.8, 4) is 0 Å². The second-order valence-electron chi connectivity index (χ2n) is 6.23. The molecule has 0 unspecified atom stereocenters. The molecular formula is C16H24N4. The summed E-state index contributed by atoms with van der Waals surface area (Å²) in [5.74, 6) is 1.40. The molecule has 0 aromatic carbocycles. The molecule has 1 aromatic heterocycles. The molecule has 2 fully saturated rings. The van der Waals surface area contributed by atoms with E-state index in [4.69, 9.17) is 5.73 Å². The van der Waals surface area contributed by atoms with Gasteiger partial charge >= 0.3 is 0 Å². The van der Waals surface area contributed by atoms with E-state index in [1.807, 2.05) is 12.3 Å². The first-order chi connectivity index (χ1) is 9.78. The van der Waals surface area contributed by atoms with Crippen LogP contribution in [0.4, 0.5) is 0 Å². The summed E-state index contributed by atoms with van der Waals surface area (Å²) in [4.78, 5) is 9.09. The Morgan fingerprint density at radius 1 is 1.35 bits per heavy atom. The molecule has 20 heavy (non-hydrogen) atoms. The van der Waals surface area contributed by atoms with E-state index in [0.29, 0.717) is 5.96 Å². The minimum atomic E-state index is 0.129. The first-order valence-electron chi connectivity index (χ1n) is 7.74. The SMILES string of the molecule is NC(=NCC1(c2ccccn2)CCC1)NCC1CCC1. The summed E-state index contributed by atoms with van der Waals surface area (Å²) >= 11 is 0. The minimum Gasteiger partial charge on any atom is -0.370 e. The number of nitrogens with one attached hydrogen (secondary N) is 1. The Morgan fingerprint density at radius 3 is 2.75 bits per heavy atom. The summed E-state index contributed by atoms with van der Waals surface area (Å²) in [5, 5.41) is 3.26. The maximum atomic E-state index is 5.98. The Hall–Kier alpha value is -1.58. The molecule has 1 aromatic rings. The minimum absolute atomic E-state index is 0.129. The quantitative estimate of drug-likeness (QED) is 0.638. The zero-order valence-corrected chi connectivity index (χ0v) is 12.0. The molecule has 0 aliphatic heterocycles. The Balaban J connectivity index is 1.57. The van der Waals surface area contributed by atoms with Crippen LogP contribution in [0.1, 0.15) is 44.2 Å². The van der Waals surface area contributed by atoms with Gasteiger partial charge in [-0.15, -0.1) is 0 Å². The van der Waals surface area contributed by atoms with Gasteiger partial charge in [0.1, 0.15) is 0 Å². The zero-order chi connectivity index (χ0) is 13.8. The Morgan fingerprint density at radius 2 is 2.20 bits per heavy atom. The number of aliphatic imine (C=N–C) groups is 1. The third-order valence-corrected chi connectivity index (χ3v) is 4.87. The molecule has 2 aliphatic carbocycles. The van der Waals surface area contributed by atoms with Crippen LogP contribution < -0.4 is 11.1 Å². The number of hydrogen-bond acceptors (Lipinski definition) is 2. The smallest absolute Gasteiger partial charge is 0.188 e. The molecule has 1 heterocycles.